The summed E-state index contributed by atoms with van der Waals surface area (Å²) in [4.78, 5) is 14.1. The van der Waals surface area contributed by atoms with Crippen LogP contribution in [0.15, 0.2) is 0 Å². The summed E-state index contributed by atoms with van der Waals surface area (Å²) in [6, 6.07) is 0.655. The summed E-state index contributed by atoms with van der Waals surface area (Å²) < 4.78 is 5.28. The lowest BCUT2D eigenvalue weighted by molar-refractivity contribution is -0.123. The molecule has 6 heteroatoms. The van der Waals surface area contributed by atoms with Crippen molar-refractivity contribution in [3.8, 4) is 0 Å². The molecule has 1 saturated heterocycles. The minimum Gasteiger partial charge on any atom is -0.381 e. The normalized spacial score (nSPS) is 21.8. The topological polar surface area (TPSA) is 67.6 Å². The Morgan fingerprint density at radius 3 is 2.53 bits per heavy atom. The van der Waals surface area contributed by atoms with Gasteiger partial charge < -0.3 is 15.8 Å². The minimum absolute atomic E-state index is 0. The third-order valence-corrected chi connectivity index (χ3v) is 3.95. The van der Waals surface area contributed by atoms with E-state index in [1.54, 1.807) is 0 Å². The molecule has 1 aliphatic carbocycles. The summed E-state index contributed by atoms with van der Waals surface area (Å²) in [7, 11) is 2.00. The predicted molar refractivity (Wildman–Crippen MR) is 77.4 cm³/mol. The van der Waals surface area contributed by atoms with Crippen molar-refractivity contribution in [3.05, 3.63) is 0 Å². The van der Waals surface area contributed by atoms with Gasteiger partial charge in [-0.25, -0.2) is 0 Å². The van der Waals surface area contributed by atoms with Crippen molar-refractivity contribution in [3.63, 3.8) is 0 Å². The lowest BCUT2D eigenvalue weighted by atomic mass is 10.1. The maximum atomic E-state index is 12.0. The standard InChI is InChI=1S/C13H25N3O2.ClH/c1-16(12(8-14)10-2-3-10)9-13(17)15-11-4-6-18-7-5-11;/h10-12H,2-9,14H2,1H3,(H,15,17);1H. The molecular formula is C13H26ClN3O2. The molecule has 0 radical (unpaired) electrons. The Kier molecular flexibility index (Phi) is 7.07. The van der Waals surface area contributed by atoms with Crippen LogP contribution in [0.3, 0.4) is 0 Å². The summed E-state index contributed by atoms with van der Waals surface area (Å²) >= 11 is 0. The minimum atomic E-state index is 0. The van der Waals surface area contributed by atoms with Gasteiger partial charge in [-0.2, -0.15) is 0 Å². The zero-order valence-corrected chi connectivity index (χ0v) is 12.5. The Balaban J connectivity index is 0.00000180. The second-order valence-corrected chi connectivity index (χ2v) is 5.51. The molecule has 112 valence electrons. The second kappa shape index (κ2) is 8.04. The van der Waals surface area contributed by atoms with Gasteiger partial charge in [0.2, 0.25) is 5.91 Å². The van der Waals surface area contributed by atoms with E-state index in [0.29, 0.717) is 25.0 Å². The summed E-state index contributed by atoms with van der Waals surface area (Å²) in [6.45, 7) is 2.62. The van der Waals surface area contributed by atoms with Gasteiger partial charge in [-0.15, -0.1) is 12.4 Å². The Labute approximate surface area is 121 Å². The first-order valence-electron chi connectivity index (χ1n) is 6.98. The predicted octanol–water partition coefficient (Wildman–Crippen LogP) is 0.373. The fraction of sp³-hybridized carbons (Fsp3) is 0.923. The zero-order valence-electron chi connectivity index (χ0n) is 11.6. The van der Waals surface area contributed by atoms with E-state index in [1.165, 1.54) is 12.8 Å². The number of hydrogen-bond acceptors (Lipinski definition) is 4. The summed E-state index contributed by atoms with van der Waals surface area (Å²) in [5.41, 5.74) is 5.78. The molecule has 3 N–H and O–H groups in total. The van der Waals surface area contributed by atoms with E-state index >= 15 is 0 Å². The highest BCUT2D eigenvalue weighted by Crippen LogP contribution is 2.34. The first-order chi connectivity index (χ1) is 8.70. The van der Waals surface area contributed by atoms with Gasteiger partial charge >= 0.3 is 0 Å². The van der Waals surface area contributed by atoms with Crippen molar-refractivity contribution in [2.45, 2.75) is 37.8 Å². The monoisotopic (exact) mass is 291 g/mol. The van der Waals surface area contributed by atoms with Gasteiger partial charge in [0.1, 0.15) is 0 Å². The highest BCUT2D eigenvalue weighted by molar-refractivity contribution is 5.85. The number of hydrogen-bond donors (Lipinski definition) is 2. The number of nitrogens with one attached hydrogen (secondary N) is 1. The number of nitrogens with zero attached hydrogens (tertiary/aromatic N) is 1. The fourth-order valence-electron chi connectivity index (χ4n) is 2.67. The van der Waals surface area contributed by atoms with Crippen molar-refractivity contribution >= 4 is 18.3 Å². The van der Waals surface area contributed by atoms with E-state index in [0.717, 1.165) is 26.1 Å². The third-order valence-electron chi connectivity index (χ3n) is 3.95. The smallest absolute Gasteiger partial charge is 0.234 e. The molecule has 1 atom stereocenters. The Morgan fingerprint density at radius 1 is 1.37 bits per heavy atom. The van der Waals surface area contributed by atoms with Crippen LogP contribution >= 0.6 is 12.4 Å². The highest BCUT2D eigenvalue weighted by Gasteiger charge is 2.33. The van der Waals surface area contributed by atoms with Gasteiger partial charge in [-0.1, -0.05) is 0 Å². The number of carbonyl (C=O) groups is 1. The largest absolute Gasteiger partial charge is 0.381 e. The van der Waals surface area contributed by atoms with E-state index in [1.807, 2.05) is 7.05 Å². The van der Waals surface area contributed by atoms with Crippen LogP contribution in [-0.2, 0) is 9.53 Å². The van der Waals surface area contributed by atoms with Crippen molar-refractivity contribution in [2.75, 3.05) is 33.4 Å². The summed E-state index contributed by atoms with van der Waals surface area (Å²) in [5, 5.41) is 3.09. The molecular weight excluding hydrogens is 266 g/mol. The van der Waals surface area contributed by atoms with Gasteiger partial charge in [-0.3, -0.25) is 9.69 Å². The second-order valence-electron chi connectivity index (χ2n) is 5.51. The van der Waals surface area contributed by atoms with Gasteiger partial charge in [0.25, 0.3) is 0 Å². The molecule has 1 heterocycles. The number of amides is 1. The molecule has 2 fully saturated rings. The third kappa shape index (κ3) is 5.26. The number of likely N-dealkylation sites (N-methyl/N-ethyl adjacent to an activating group) is 1. The molecule has 19 heavy (non-hydrogen) atoms. The molecule has 0 spiro atoms. The average molecular weight is 292 g/mol. The van der Waals surface area contributed by atoms with Crippen LogP contribution < -0.4 is 11.1 Å². The molecule has 2 aliphatic rings. The van der Waals surface area contributed by atoms with Gasteiger partial charge in [0.05, 0.1) is 6.54 Å². The van der Waals surface area contributed by atoms with Gasteiger partial charge in [0, 0.05) is 31.8 Å². The lowest BCUT2D eigenvalue weighted by Gasteiger charge is -2.28. The molecule has 0 bridgehead atoms. The van der Waals surface area contributed by atoms with Crippen LogP contribution in [0.5, 0.6) is 0 Å². The van der Waals surface area contributed by atoms with Crippen molar-refractivity contribution in [1.29, 1.82) is 0 Å². The number of rotatable bonds is 6. The van der Waals surface area contributed by atoms with Crippen molar-refractivity contribution in [2.24, 2.45) is 11.7 Å². The van der Waals surface area contributed by atoms with Gasteiger partial charge in [0.15, 0.2) is 0 Å². The van der Waals surface area contributed by atoms with Crippen LogP contribution in [0.1, 0.15) is 25.7 Å². The van der Waals surface area contributed by atoms with Crippen molar-refractivity contribution < 1.29 is 9.53 Å². The number of halogens is 1. The Hall–Kier alpha value is -0.360. The number of nitrogens with two attached hydrogens (primary N) is 1. The van der Waals surface area contributed by atoms with Gasteiger partial charge in [-0.05, 0) is 38.6 Å². The maximum Gasteiger partial charge on any atom is 0.234 e. The Morgan fingerprint density at radius 2 is 2.00 bits per heavy atom. The lowest BCUT2D eigenvalue weighted by Crippen LogP contribution is -2.48. The van der Waals surface area contributed by atoms with Crippen LogP contribution in [0.25, 0.3) is 0 Å². The average Bonchev–Trinajstić information content (AvgIpc) is 3.15. The summed E-state index contributed by atoms with van der Waals surface area (Å²) in [6.07, 6.45) is 4.37. The van der Waals surface area contributed by atoms with Crippen LogP contribution in [0.4, 0.5) is 0 Å². The summed E-state index contributed by atoms with van der Waals surface area (Å²) in [5.74, 6) is 0.819. The molecule has 1 aliphatic heterocycles. The number of ether oxygens (including phenoxy) is 1. The van der Waals surface area contributed by atoms with Crippen LogP contribution in [-0.4, -0.2) is 56.2 Å². The molecule has 5 nitrogen and oxygen atoms in total. The SMILES string of the molecule is CN(CC(=O)NC1CCOCC1)C(CN)C1CC1.Cl. The zero-order chi connectivity index (χ0) is 13.0. The van der Waals surface area contributed by atoms with E-state index < -0.39 is 0 Å². The van der Waals surface area contributed by atoms with E-state index in [9.17, 15) is 4.79 Å². The molecule has 1 saturated carbocycles. The molecule has 1 amide bonds. The fourth-order valence-corrected chi connectivity index (χ4v) is 2.67. The van der Waals surface area contributed by atoms with E-state index in [4.69, 9.17) is 10.5 Å². The van der Waals surface area contributed by atoms with Crippen LogP contribution in [0.2, 0.25) is 0 Å². The highest BCUT2D eigenvalue weighted by atomic mass is 35.5. The van der Waals surface area contributed by atoms with Crippen molar-refractivity contribution in [1.82, 2.24) is 10.2 Å². The molecule has 1 unspecified atom stereocenters. The van der Waals surface area contributed by atoms with Crippen LogP contribution in [0, 0.1) is 5.92 Å². The first-order valence-corrected chi connectivity index (χ1v) is 6.98. The maximum absolute atomic E-state index is 12.0. The van der Waals surface area contributed by atoms with E-state index in [-0.39, 0.29) is 24.4 Å². The Bertz CT molecular complexity index is 281. The molecule has 2 rings (SSSR count). The molecule has 0 aromatic carbocycles. The van der Waals surface area contributed by atoms with E-state index in [2.05, 4.69) is 10.2 Å². The quantitative estimate of drug-likeness (QED) is 0.742. The first kappa shape index (κ1) is 16.7. The molecule has 0 aromatic rings. The number of carbonyl (C=O) groups excluding carboxylic acids is 1. The molecule has 0 aromatic heterocycles.